The topological polar surface area (TPSA) is 60.0 Å². The highest BCUT2D eigenvalue weighted by Crippen LogP contribution is 2.26. The Hall–Kier alpha value is -1.27. The molecule has 0 aromatic heterocycles. The number of rotatable bonds is 9. The van der Waals surface area contributed by atoms with Gasteiger partial charge in [-0.25, -0.2) is 0 Å². The summed E-state index contributed by atoms with van der Waals surface area (Å²) in [4.78, 5) is 18.8. The molecule has 0 spiro atoms. The third-order valence-electron chi connectivity index (χ3n) is 4.45. The maximum atomic E-state index is 12.4. The zero-order chi connectivity index (χ0) is 22.0. The average Bonchev–Trinajstić information content (AvgIpc) is 2.66. The Morgan fingerprint density at radius 2 is 1.80 bits per heavy atom. The Kier molecular flexibility index (Phi) is 13.3. The van der Waals surface area contributed by atoms with Crippen molar-refractivity contribution in [3.05, 3.63) is 34.9 Å². The quantitative estimate of drug-likeness (QED) is 0.274. The molecular weight excluding hydrogens is 534 g/mol. The molecule has 1 aromatic rings. The number of carbonyl (C=O) groups is 1. The maximum absolute atomic E-state index is 12.4. The van der Waals surface area contributed by atoms with Crippen LogP contribution < -0.4 is 10.6 Å². The molecule has 1 unspecified atom stereocenters. The van der Waals surface area contributed by atoms with Gasteiger partial charge in [0.25, 0.3) is 0 Å². The predicted octanol–water partition coefficient (Wildman–Crippen LogP) is 3.53. The van der Waals surface area contributed by atoms with Crippen molar-refractivity contribution in [1.82, 2.24) is 20.4 Å². The van der Waals surface area contributed by atoms with Crippen LogP contribution in [0.15, 0.2) is 29.3 Å². The van der Waals surface area contributed by atoms with E-state index in [2.05, 4.69) is 34.4 Å². The van der Waals surface area contributed by atoms with Crippen LogP contribution in [0.1, 0.15) is 25.5 Å². The van der Waals surface area contributed by atoms with Gasteiger partial charge in [0, 0.05) is 25.7 Å². The highest BCUT2D eigenvalue weighted by molar-refractivity contribution is 14.0. The van der Waals surface area contributed by atoms with Crippen LogP contribution in [-0.4, -0.2) is 74.7 Å². The summed E-state index contributed by atoms with van der Waals surface area (Å²) in [6, 6.07) is 7.53. The van der Waals surface area contributed by atoms with Crippen molar-refractivity contribution in [2.45, 2.75) is 26.1 Å². The number of amides is 1. The third-order valence-corrected chi connectivity index (χ3v) is 4.80. The highest BCUT2D eigenvalue weighted by atomic mass is 127. The fourth-order valence-corrected chi connectivity index (χ4v) is 3.17. The lowest BCUT2D eigenvalue weighted by atomic mass is 10.0. The summed E-state index contributed by atoms with van der Waals surface area (Å²) in [7, 11) is 2.64. The number of halogens is 5. The van der Waals surface area contributed by atoms with Crippen LogP contribution in [0.3, 0.4) is 0 Å². The molecule has 0 saturated carbocycles. The average molecular weight is 564 g/mol. The summed E-state index contributed by atoms with van der Waals surface area (Å²) in [5.74, 6) is -0.361. The first-order valence-corrected chi connectivity index (χ1v) is 9.74. The SMILES string of the molecule is CCN(CC)C(CNC(=NC)NCC(=O)N(C)CC(F)(F)F)c1ccccc1Cl.I. The van der Waals surface area contributed by atoms with Crippen LogP contribution in [0.25, 0.3) is 0 Å². The van der Waals surface area contributed by atoms with Crippen molar-refractivity contribution in [2.75, 3.05) is 46.8 Å². The van der Waals surface area contributed by atoms with Gasteiger partial charge in [-0.2, -0.15) is 13.2 Å². The standard InChI is InChI=1S/C19H29ClF3N5O.HI/c1-5-28(6-2)16(14-9-7-8-10-15(14)20)11-25-18(24-3)26-12-17(29)27(4)13-19(21,22)23;/h7-10,16H,5-6,11-13H2,1-4H3,(H2,24,25,26);1H. The molecule has 0 aliphatic rings. The van der Waals surface area contributed by atoms with E-state index in [1.165, 1.54) is 7.05 Å². The maximum Gasteiger partial charge on any atom is 0.406 e. The number of aliphatic imine (C=N–C) groups is 1. The zero-order valence-electron chi connectivity index (χ0n) is 17.6. The van der Waals surface area contributed by atoms with Crippen molar-refractivity contribution < 1.29 is 18.0 Å². The number of guanidine groups is 1. The van der Waals surface area contributed by atoms with Crippen LogP contribution in [-0.2, 0) is 4.79 Å². The first-order valence-electron chi connectivity index (χ1n) is 9.36. The van der Waals surface area contributed by atoms with Crippen molar-refractivity contribution in [2.24, 2.45) is 4.99 Å². The van der Waals surface area contributed by atoms with Crippen LogP contribution in [0.4, 0.5) is 13.2 Å². The van der Waals surface area contributed by atoms with E-state index in [9.17, 15) is 18.0 Å². The number of hydrogen-bond donors (Lipinski definition) is 2. The number of nitrogens with one attached hydrogen (secondary N) is 2. The lowest BCUT2D eigenvalue weighted by Crippen LogP contribution is -2.47. The summed E-state index contributed by atoms with van der Waals surface area (Å²) in [6.45, 7) is 4.58. The first-order chi connectivity index (χ1) is 13.6. The number of likely N-dealkylation sites (N-methyl/N-ethyl adjacent to an activating group) is 2. The molecule has 0 saturated heterocycles. The smallest absolute Gasteiger partial charge is 0.354 e. The van der Waals surface area contributed by atoms with Crippen molar-refractivity contribution in [3.63, 3.8) is 0 Å². The molecule has 11 heteroatoms. The largest absolute Gasteiger partial charge is 0.406 e. The molecule has 1 aromatic carbocycles. The van der Waals surface area contributed by atoms with E-state index in [0.29, 0.717) is 22.4 Å². The Morgan fingerprint density at radius 1 is 1.20 bits per heavy atom. The Morgan fingerprint density at radius 3 is 2.30 bits per heavy atom. The Labute approximate surface area is 198 Å². The highest BCUT2D eigenvalue weighted by Gasteiger charge is 2.31. The fraction of sp³-hybridized carbons (Fsp3) is 0.579. The molecule has 172 valence electrons. The molecule has 0 bridgehead atoms. The van der Waals surface area contributed by atoms with Gasteiger partial charge < -0.3 is 15.5 Å². The van der Waals surface area contributed by atoms with E-state index >= 15 is 0 Å². The molecule has 2 N–H and O–H groups in total. The van der Waals surface area contributed by atoms with Crippen molar-refractivity contribution >= 4 is 47.4 Å². The molecule has 1 atom stereocenters. The second-order valence-corrected chi connectivity index (χ2v) is 6.84. The lowest BCUT2D eigenvalue weighted by Gasteiger charge is -2.31. The van der Waals surface area contributed by atoms with Crippen LogP contribution in [0, 0.1) is 0 Å². The van der Waals surface area contributed by atoms with E-state index < -0.39 is 18.6 Å². The molecule has 30 heavy (non-hydrogen) atoms. The summed E-state index contributed by atoms with van der Waals surface area (Å²) in [6.07, 6.45) is -4.43. The first kappa shape index (κ1) is 28.7. The summed E-state index contributed by atoms with van der Waals surface area (Å²) in [5, 5.41) is 6.54. The number of hydrogen-bond acceptors (Lipinski definition) is 3. The van der Waals surface area contributed by atoms with Gasteiger partial charge in [-0.05, 0) is 24.7 Å². The van der Waals surface area contributed by atoms with Crippen molar-refractivity contribution in [3.8, 4) is 0 Å². The van der Waals surface area contributed by atoms with Crippen molar-refractivity contribution in [1.29, 1.82) is 0 Å². The number of alkyl halides is 3. The molecule has 0 aliphatic carbocycles. The predicted molar refractivity (Wildman–Crippen MR) is 126 cm³/mol. The van der Waals surface area contributed by atoms with E-state index in [1.54, 1.807) is 0 Å². The minimum atomic E-state index is -4.43. The molecular formula is C19H30ClF3IN5O. The third kappa shape index (κ3) is 9.69. The minimum Gasteiger partial charge on any atom is -0.354 e. The fourth-order valence-electron chi connectivity index (χ4n) is 2.91. The van der Waals surface area contributed by atoms with Gasteiger partial charge in [0.2, 0.25) is 5.91 Å². The number of nitrogens with zero attached hydrogens (tertiary/aromatic N) is 3. The molecule has 0 fully saturated rings. The summed E-state index contributed by atoms with van der Waals surface area (Å²) >= 11 is 6.37. The molecule has 0 radical (unpaired) electrons. The van der Waals surface area contributed by atoms with Crippen LogP contribution >= 0.6 is 35.6 Å². The molecule has 6 nitrogen and oxygen atoms in total. The summed E-state index contributed by atoms with van der Waals surface area (Å²) < 4.78 is 37.2. The Bertz CT molecular complexity index is 686. The second kappa shape index (κ2) is 13.9. The van der Waals surface area contributed by atoms with Gasteiger partial charge in [0.05, 0.1) is 12.6 Å². The summed E-state index contributed by atoms with van der Waals surface area (Å²) in [5.41, 5.74) is 0.960. The van der Waals surface area contributed by atoms with Gasteiger partial charge in [0.15, 0.2) is 5.96 Å². The van der Waals surface area contributed by atoms with Gasteiger partial charge >= 0.3 is 6.18 Å². The van der Waals surface area contributed by atoms with E-state index in [0.717, 1.165) is 25.7 Å². The monoisotopic (exact) mass is 563 g/mol. The van der Waals surface area contributed by atoms with Gasteiger partial charge in [0.1, 0.15) is 6.54 Å². The zero-order valence-corrected chi connectivity index (χ0v) is 20.7. The Balaban J connectivity index is 0.00000841. The van der Waals surface area contributed by atoms with Gasteiger partial charge in [-0.3, -0.25) is 14.7 Å². The van der Waals surface area contributed by atoms with Crippen LogP contribution in [0.5, 0.6) is 0 Å². The normalized spacial score (nSPS) is 12.9. The number of carbonyl (C=O) groups excluding carboxylic acids is 1. The van der Waals surface area contributed by atoms with E-state index in [-0.39, 0.29) is 36.6 Å². The number of benzene rings is 1. The van der Waals surface area contributed by atoms with Gasteiger partial charge in [-0.15, -0.1) is 24.0 Å². The minimum absolute atomic E-state index is 0. The lowest BCUT2D eigenvalue weighted by molar-refractivity contribution is -0.157. The molecule has 1 rings (SSSR count). The molecule has 0 heterocycles. The van der Waals surface area contributed by atoms with Gasteiger partial charge in [-0.1, -0.05) is 43.6 Å². The molecule has 1 amide bonds. The molecule has 0 aliphatic heterocycles. The second-order valence-electron chi connectivity index (χ2n) is 6.43. The van der Waals surface area contributed by atoms with Crippen LogP contribution in [0.2, 0.25) is 5.02 Å². The van der Waals surface area contributed by atoms with E-state index in [1.807, 2.05) is 24.3 Å². The van der Waals surface area contributed by atoms with E-state index in [4.69, 9.17) is 11.6 Å².